The number of carboxylic acids is 1. The van der Waals surface area contributed by atoms with E-state index in [1.807, 2.05) is 18.2 Å². The van der Waals surface area contributed by atoms with Crippen LogP contribution >= 0.6 is 0 Å². The summed E-state index contributed by atoms with van der Waals surface area (Å²) >= 11 is 0. The van der Waals surface area contributed by atoms with Crippen LogP contribution < -0.4 is 14.8 Å². The molecule has 0 heterocycles. The molecule has 0 aliphatic heterocycles. The number of hydrogen-bond donors (Lipinski definition) is 2. The van der Waals surface area contributed by atoms with Gasteiger partial charge in [-0.25, -0.2) is 4.79 Å². The van der Waals surface area contributed by atoms with Crippen LogP contribution in [0.5, 0.6) is 11.5 Å². The van der Waals surface area contributed by atoms with Crippen molar-refractivity contribution in [3.63, 3.8) is 0 Å². The molecule has 0 bridgehead atoms. The van der Waals surface area contributed by atoms with Gasteiger partial charge in [-0.3, -0.25) is 4.79 Å². The molecule has 1 amide bonds. The maximum absolute atomic E-state index is 13.2. The van der Waals surface area contributed by atoms with Gasteiger partial charge in [-0.05, 0) is 34.7 Å². The minimum absolute atomic E-state index is 0.0487. The fourth-order valence-corrected chi connectivity index (χ4v) is 3.81. The summed E-state index contributed by atoms with van der Waals surface area (Å²) in [7, 11) is 0. The first-order valence-electron chi connectivity index (χ1n) is 11.3. The zero-order valence-corrected chi connectivity index (χ0v) is 19.4. The molecule has 4 aromatic carbocycles. The number of nitrogens with one attached hydrogen (secondary N) is 1. The molecule has 37 heavy (non-hydrogen) atoms. The predicted molar refractivity (Wildman–Crippen MR) is 130 cm³/mol. The zero-order valence-electron chi connectivity index (χ0n) is 19.4. The lowest BCUT2D eigenvalue weighted by Gasteiger charge is -2.18. The minimum Gasteiger partial charge on any atom is -0.487 e. The lowest BCUT2D eigenvalue weighted by Crippen LogP contribution is -2.42. The van der Waals surface area contributed by atoms with Crippen molar-refractivity contribution in [2.75, 3.05) is 0 Å². The second-order valence-electron chi connectivity index (χ2n) is 8.20. The number of benzene rings is 4. The van der Waals surface area contributed by atoms with Crippen molar-refractivity contribution >= 4 is 22.6 Å². The first-order valence-corrected chi connectivity index (χ1v) is 11.3. The lowest BCUT2D eigenvalue weighted by atomic mass is 10.0. The summed E-state index contributed by atoms with van der Waals surface area (Å²) < 4.78 is 47.1. The molecule has 2 N–H and O–H groups in total. The summed E-state index contributed by atoms with van der Waals surface area (Å²) in [4.78, 5) is 25.1. The molecule has 4 rings (SSSR count). The third-order valence-corrected chi connectivity index (χ3v) is 5.55. The number of ether oxygens (including phenoxy) is 2. The van der Waals surface area contributed by atoms with Crippen LogP contribution in [0.4, 0.5) is 13.2 Å². The second kappa shape index (κ2) is 11.0. The summed E-state index contributed by atoms with van der Waals surface area (Å²) in [5, 5.41) is 13.7. The van der Waals surface area contributed by atoms with Crippen LogP contribution in [0.3, 0.4) is 0 Å². The number of fused-ring (bicyclic) bond motifs is 1. The number of amides is 1. The number of hydrogen-bond acceptors (Lipinski definition) is 4. The van der Waals surface area contributed by atoms with Crippen LogP contribution in [-0.2, 0) is 17.8 Å². The minimum atomic E-state index is -4.79. The molecule has 0 aliphatic rings. The highest BCUT2D eigenvalue weighted by Gasteiger charge is 2.31. The van der Waals surface area contributed by atoms with Crippen molar-refractivity contribution in [3.05, 3.63) is 108 Å². The Morgan fingerprint density at radius 2 is 1.51 bits per heavy atom. The van der Waals surface area contributed by atoms with Gasteiger partial charge >= 0.3 is 12.3 Å². The summed E-state index contributed by atoms with van der Waals surface area (Å²) in [6.45, 7) is -0.0487. The van der Waals surface area contributed by atoms with E-state index in [-0.39, 0.29) is 30.1 Å². The normalized spacial score (nSPS) is 12.1. The largest absolute Gasteiger partial charge is 0.573 e. The quantitative estimate of drug-likeness (QED) is 0.301. The van der Waals surface area contributed by atoms with Gasteiger partial charge < -0.3 is 19.9 Å². The number of carboxylic acid groups (broad SMARTS) is 1. The van der Waals surface area contributed by atoms with E-state index in [1.165, 1.54) is 24.3 Å². The Hall–Kier alpha value is -4.53. The van der Waals surface area contributed by atoms with E-state index in [0.29, 0.717) is 10.9 Å². The molecule has 0 aromatic heterocycles. The van der Waals surface area contributed by atoms with E-state index in [0.717, 1.165) is 10.9 Å². The Labute approximate surface area is 210 Å². The highest BCUT2D eigenvalue weighted by molar-refractivity contribution is 6.04. The molecule has 0 unspecified atom stereocenters. The Morgan fingerprint density at radius 3 is 2.19 bits per heavy atom. The molecule has 1 atom stereocenters. The summed E-state index contributed by atoms with van der Waals surface area (Å²) in [6.07, 6.45) is -4.70. The maximum Gasteiger partial charge on any atom is 0.573 e. The number of aliphatic carboxylic acids is 1. The number of rotatable bonds is 9. The van der Waals surface area contributed by atoms with Crippen molar-refractivity contribution in [1.82, 2.24) is 5.32 Å². The van der Waals surface area contributed by atoms with Crippen molar-refractivity contribution in [3.8, 4) is 11.5 Å². The highest BCUT2D eigenvalue weighted by Crippen LogP contribution is 2.31. The van der Waals surface area contributed by atoms with Crippen LogP contribution in [-0.4, -0.2) is 29.4 Å². The van der Waals surface area contributed by atoms with Crippen LogP contribution in [0.15, 0.2) is 91.0 Å². The van der Waals surface area contributed by atoms with E-state index in [4.69, 9.17) is 4.74 Å². The van der Waals surface area contributed by atoms with E-state index in [9.17, 15) is 27.9 Å². The van der Waals surface area contributed by atoms with Gasteiger partial charge in [-0.2, -0.15) is 0 Å². The number of halogens is 3. The Bertz CT molecular complexity index is 1390. The van der Waals surface area contributed by atoms with Gasteiger partial charge in [0.25, 0.3) is 5.91 Å². The van der Waals surface area contributed by atoms with Crippen molar-refractivity contribution < 1.29 is 37.3 Å². The smallest absolute Gasteiger partial charge is 0.487 e. The number of alkyl halides is 3. The van der Waals surface area contributed by atoms with Gasteiger partial charge in [-0.15, -0.1) is 13.2 Å². The molecule has 9 heteroatoms. The molecule has 0 radical (unpaired) electrons. The fraction of sp³-hybridized carbons (Fsp3) is 0.143. The molecule has 0 aliphatic carbocycles. The molecule has 0 saturated heterocycles. The van der Waals surface area contributed by atoms with Gasteiger partial charge in [0, 0.05) is 11.8 Å². The standard InChI is InChI=1S/C28H22F3NO5/c29-28(30,31)37-21-13-10-19(11-14-21)17-36-25-22-9-5-4-8-20(22)12-15-23(25)26(33)32-24(27(34)35)16-18-6-2-1-3-7-18/h1-15,24H,16-17H2,(H,32,33)(H,34,35)/t24-/m0/s1. The first kappa shape index (κ1) is 25.6. The van der Waals surface area contributed by atoms with E-state index in [1.54, 1.807) is 48.5 Å². The third-order valence-electron chi connectivity index (χ3n) is 5.55. The molecule has 0 saturated carbocycles. The predicted octanol–water partition coefficient (Wildman–Crippen LogP) is 5.74. The number of carbonyl (C=O) groups is 2. The van der Waals surface area contributed by atoms with Gasteiger partial charge in [0.05, 0.1) is 5.56 Å². The summed E-state index contributed by atoms with van der Waals surface area (Å²) in [5.74, 6) is -1.94. The average molecular weight is 509 g/mol. The molecule has 190 valence electrons. The van der Waals surface area contributed by atoms with Gasteiger partial charge in [-0.1, -0.05) is 72.8 Å². The SMILES string of the molecule is O=C(N[C@@H](Cc1ccccc1)C(=O)O)c1ccc2ccccc2c1OCc1ccc(OC(F)(F)F)cc1. The lowest BCUT2D eigenvalue weighted by molar-refractivity contribution is -0.274. The highest BCUT2D eigenvalue weighted by atomic mass is 19.4. The van der Waals surface area contributed by atoms with Crippen LogP contribution in [0.1, 0.15) is 21.5 Å². The monoisotopic (exact) mass is 509 g/mol. The molecule has 0 spiro atoms. The molecular formula is C28H22F3NO5. The zero-order chi connectivity index (χ0) is 26.4. The topological polar surface area (TPSA) is 84.9 Å². The Morgan fingerprint density at radius 1 is 0.838 bits per heavy atom. The molecule has 6 nitrogen and oxygen atoms in total. The van der Waals surface area contributed by atoms with Gasteiger partial charge in [0.15, 0.2) is 0 Å². The maximum atomic E-state index is 13.2. The molecule has 4 aromatic rings. The van der Waals surface area contributed by atoms with E-state index < -0.39 is 24.3 Å². The first-order chi connectivity index (χ1) is 17.7. The van der Waals surface area contributed by atoms with Crippen LogP contribution in [0, 0.1) is 0 Å². The third kappa shape index (κ3) is 6.78. The Kier molecular flexibility index (Phi) is 7.62. The fourth-order valence-electron chi connectivity index (χ4n) is 3.81. The van der Waals surface area contributed by atoms with Gasteiger partial charge in [0.2, 0.25) is 0 Å². The van der Waals surface area contributed by atoms with E-state index >= 15 is 0 Å². The van der Waals surface area contributed by atoms with Crippen molar-refractivity contribution in [2.45, 2.75) is 25.4 Å². The van der Waals surface area contributed by atoms with Crippen LogP contribution in [0.25, 0.3) is 10.8 Å². The van der Waals surface area contributed by atoms with E-state index in [2.05, 4.69) is 10.1 Å². The number of carbonyl (C=O) groups excluding carboxylic acids is 1. The van der Waals surface area contributed by atoms with Gasteiger partial charge in [0.1, 0.15) is 24.1 Å². The molecular weight excluding hydrogens is 487 g/mol. The molecule has 0 fully saturated rings. The summed E-state index contributed by atoms with van der Waals surface area (Å²) in [6, 6.07) is 23.4. The average Bonchev–Trinajstić information content (AvgIpc) is 2.87. The van der Waals surface area contributed by atoms with Crippen molar-refractivity contribution in [1.29, 1.82) is 0 Å². The summed E-state index contributed by atoms with van der Waals surface area (Å²) in [5.41, 5.74) is 1.43. The van der Waals surface area contributed by atoms with Crippen LogP contribution in [0.2, 0.25) is 0 Å². The Balaban J connectivity index is 1.57. The second-order valence-corrected chi connectivity index (χ2v) is 8.20. The van der Waals surface area contributed by atoms with Crippen molar-refractivity contribution in [2.24, 2.45) is 0 Å².